The first-order valence-electron chi connectivity index (χ1n) is 6.94. The van der Waals surface area contributed by atoms with Crippen molar-refractivity contribution in [3.63, 3.8) is 0 Å². The number of carbonyl (C=O) groups is 1. The second-order valence-electron chi connectivity index (χ2n) is 5.21. The predicted molar refractivity (Wildman–Crippen MR) is 90.2 cm³/mol. The molecule has 0 aliphatic carbocycles. The van der Waals surface area contributed by atoms with Gasteiger partial charge in [0.25, 0.3) is 0 Å². The van der Waals surface area contributed by atoms with Crippen molar-refractivity contribution in [3.8, 4) is 0 Å². The molecule has 5 heteroatoms. The Bertz CT molecular complexity index is 658. The lowest BCUT2D eigenvalue weighted by Gasteiger charge is -2.18. The number of likely N-dealkylation sites (N-methyl/N-ethyl adjacent to an activating group) is 1. The molecule has 116 valence electrons. The summed E-state index contributed by atoms with van der Waals surface area (Å²) in [6.45, 7) is 2.67. The maximum Gasteiger partial charge on any atom is 0.241 e. The summed E-state index contributed by atoms with van der Waals surface area (Å²) in [6, 6.07) is 12.1. The summed E-state index contributed by atoms with van der Waals surface area (Å²) in [5.74, 6) is -0.305. The third-order valence-electron chi connectivity index (χ3n) is 3.31. The molecule has 1 N–H and O–H groups in total. The van der Waals surface area contributed by atoms with E-state index in [1.807, 2.05) is 25.1 Å². The van der Waals surface area contributed by atoms with Crippen LogP contribution in [0.4, 0.5) is 10.1 Å². The predicted octanol–water partition coefficient (Wildman–Crippen LogP) is 3.97. The van der Waals surface area contributed by atoms with Gasteiger partial charge in [-0.05, 0) is 58.2 Å². The molecule has 0 bridgehead atoms. The van der Waals surface area contributed by atoms with E-state index < -0.39 is 0 Å². The molecule has 0 radical (unpaired) electrons. The Morgan fingerprint density at radius 1 is 1.23 bits per heavy atom. The van der Waals surface area contributed by atoms with Gasteiger partial charge in [-0.1, -0.05) is 18.2 Å². The maximum atomic E-state index is 12.9. The minimum absolute atomic E-state index is 0.0307. The Kier molecular flexibility index (Phi) is 5.55. The SMILES string of the molecule is Cc1ccc(NCC(=O)N(C)Cc2ccc(F)cc2)c(Br)c1. The first-order chi connectivity index (χ1) is 10.5. The second kappa shape index (κ2) is 7.40. The van der Waals surface area contributed by atoms with E-state index in [-0.39, 0.29) is 18.3 Å². The fraction of sp³-hybridized carbons (Fsp3) is 0.235. The lowest BCUT2D eigenvalue weighted by atomic mass is 10.2. The number of rotatable bonds is 5. The maximum absolute atomic E-state index is 12.9. The van der Waals surface area contributed by atoms with E-state index in [9.17, 15) is 9.18 Å². The number of nitrogens with one attached hydrogen (secondary N) is 1. The van der Waals surface area contributed by atoms with Crippen LogP contribution in [0.3, 0.4) is 0 Å². The molecule has 0 unspecified atom stereocenters. The van der Waals surface area contributed by atoms with Gasteiger partial charge in [-0.2, -0.15) is 0 Å². The van der Waals surface area contributed by atoms with Crippen LogP contribution in [-0.4, -0.2) is 24.4 Å². The number of anilines is 1. The molecule has 22 heavy (non-hydrogen) atoms. The zero-order valence-corrected chi connectivity index (χ0v) is 14.2. The van der Waals surface area contributed by atoms with Gasteiger partial charge in [0.1, 0.15) is 5.82 Å². The molecule has 0 aliphatic rings. The molecular weight excluding hydrogens is 347 g/mol. The van der Waals surface area contributed by atoms with Gasteiger partial charge in [-0.3, -0.25) is 4.79 Å². The standard InChI is InChI=1S/C17H18BrFN2O/c1-12-3-8-16(15(18)9-12)20-10-17(22)21(2)11-13-4-6-14(19)7-5-13/h3-9,20H,10-11H2,1-2H3. The number of hydrogen-bond donors (Lipinski definition) is 1. The number of carbonyl (C=O) groups excluding carboxylic acids is 1. The summed E-state index contributed by atoms with van der Waals surface area (Å²) in [5, 5.41) is 3.12. The minimum Gasteiger partial charge on any atom is -0.375 e. The summed E-state index contributed by atoms with van der Waals surface area (Å²) in [4.78, 5) is 13.8. The number of hydrogen-bond acceptors (Lipinski definition) is 2. The molecule has 0 atom stereocenters. The van der Waals surface area contributed by atoms with Crippen molar-refractivity contribution in [2.75, 3.05) is 18.9 Å². The molecule has 1 amide bonds. The highest BCUT2D eigenvalue weighted by atomic mass is 79.9. The van der Waals surface area contributed by atoms with Crippen molar-refractivity contribution < 1.29 is 9.18 Å². The summed E-state index contributed by atoms with van der Waals surface area (Å²) in [6.07, 6.45) is 0. The number of aryl methyl sites for hydroxylation is 1. The van der Waals surface area contributed by atoms with Crippen molar-refractivity contribution in [1.29, 1.82) is 0 Å². The highest BCUT2D eigenvalue weighted by molar-refractivity contribution is 9.10. The molecule has 0 heterocycles. The average Bonchev–Trinajstić information content (AvgIpc) is 2.48. The quantitative estimate of drug-likeness (QED) is 0.870. The number of nitrogens with zero attached hydrogens (tertiary/aromatic N) is 1. The Balaban J connectivity index is 1.89. The van der Waals surface area contributed by atoms with E-state index in [2.05, 4.69) is 21.2 Å². The molecule has 2 aromatic rings. The monoisotopic (exact) mass is 364 g/mol. The Labute approximate surface area is 138 Å². The minimum atomic E-state index is -0.274. The smallest absolute Gasteiger partial charge is 0.241 e. The highest BCUT2D eigenvalue weighted by Gasteiger charge is 2.10. The number of amides is 1. The zero-order valence-electron chi connectivity index (χ0n) is 12.6. The molecule has 0 aliphatic heterocycles. The van der Waals surface area contributed by atoms with Crippen LogP contribution >= 0.6 is 15.9 Å². The van der Waals surface area contributed by atoms with Gasteiger partial charge in [0, 0.05) is 23.8 Å². The molecule has 0 spiro atoms. The fourth-order valence-electron chi connectivity index (χ4n) is 2.02. The summed E-state index contributed by atoms with van der Waals surface area (Å²) >= 11 is 3.47. The van der Waals surface area contributed by atoms with E-state index in [1.54, 1.807) is 24.1 Å². The van der Waals surface area contributed by atoms with Crippen molar-refractivity contribution in [1.82, 2.24) is 4.90 Å². The molecular formula is C17H18BrFN2O. The Hall–Kier alpha value is -1.88. The fourth-order valence-corrected chi connectivity index (χ4v) is 2.65. The molecule has 0 saturated heterocycles. The van der Waals surface area contributed by atoms with Crippen molar-refractivity contribution in [2.45, 2.75) is 13.5 Å². The first-order valence-corrected chi connectivity index (χ1v) is 7.73. The third kappa shape index (κ3) is 4.56. The van der Waals surface area contributed by atoms with Gasteiger partial charge in [-0.25, -0.2) is 4.39 Å². The van der Waals surface area contributed by atoms with Crippen LogP contribution in [0.5, 0.6) is 0 Å². The normalized spacial score (nSPS) is 10.4. The Morgan fingerprint density at radius 3 is 2.55 bits per heavy atom. The van der Waals surface area contributed by atoms with Gasteiger partial charge in [-0.15, -0.1) is 0 Å². The lowest BCUT2D eigenvalue weighted by Crippen LogP contribution is -2.31. The van der Waals surface area contributed by atoms with Gasteiger partial charge >= 0.3 is 0 Å². The van der Waals surface area contributed by atoms with Crippen LogP contribution < -0.4 is 5.32 Å². The van der Waals surface area contributed by atoms with E-state index in [0.717, 1.165) is 21.3 Å². The summed E-state index contributed by atoms with van der Waals surface area (Å²) in [5.41, 5.74) is 2.93. The molecule has 2 rings (SSSR count). The van der Waals surface area contributed by atoms with Gasteiger partial charge < -0.3 is 10.2 Å². The van der Waals surface area contributed by atoms with Gasteiger partial charge in [0.15, 0.2) is 0 Å². The number of benzene rings is 2. The van der Waals surface area contributed by atoms with Crippen LogP contribution in [0, 0.1) is 12.7 Å². The molecule has 3 nitrogen and oxygen atoms in total. The molecule has 0 aromatic heterocycles. The zero-order chi connectivity index (χ0) is 16.1. The van der Waals surface area contributed by atoms with E-state index in [0.29, 0.717) is 6.54 Å². The van der Waals surface area contributed by atoms with Crippen molar-refractivity contribution in [2.24, 2.45) is 0 Å². The van der Waals surface area contributed by atoms with Crippen LogP contribution in [0.2, 0.25) is 0 Å². The van der Waals surface area contributed by atoms with Crippen LogP contribution in [0.25, 0.3) is 0 Å². The molecule has 0 saturated carbocycles. The van der Waals surface area contributed by atoms with Gasteiger partial charge in [0.2, 0.25) is 5.91 Å². The molecule has 2 aromatic carbocycles. The van der Waals surface area contributed by atoms with E-state index in [4.69, 9.17) is 0 Å². The van der Waals surface area contributed by atoms with E-state index >= 15 is 0 Å². The average molecular weight is 365 g/mol. The summed E-state index contributed by atoms with van der Waals surface area (Å²) < 4.78 is 13.8. The molecule has 0 fully saturated rings. The van der Waals surface area contributed by atoms with Crippen LogP contribution in [0.15, 0.2) is 46.9 Å². The second-order valence-corrected chi connectivity index (χ2v) is 6.07. The van der Waals surface area contributed by atoms with Crippen molar-refractivity contribution >= 4 is 27.5 Å². The topological polar surface area (TPSA) is 32.3 Å². The van der Waals surface area contributed by atoms with Gasteiger partial charge in [0.05, 0.1) is 6.54 Å². The summed E-state index contributed by atoms with van der Waals surface area (Å²) in [7, 11) is 1.73. The van der Waals surface area contributed by atoms with Crippen molar-refractivity contribution in [3.05, 3.63) is 63.9 Å². The number of halogens is 2. The van der Waals surface area contributed by atoms with Crippen LogP contribution in [-0.2, 0) is 11.3 Å². The lowest BCUT2D eigenvalue weighted by molar-refractivity contribution is -0.128. The Morgan fingerprint density at radius 2 is 1.91 bits per heavy atom. The largest absolute Gasteiger partial charge is 0.375 e. The third-order valence-corrected chi connectivity index (χ3v) is 3.97. The first kappa shape index (κ1) is 16.5. The van der Waals surface area contributed by atoms with E-state index in [1.165, 1.54) is 12.1 Å². The highest BCUT2D eigenvalue weighted by Crippen LogP contribution is 2.23. The van der Waals surface area contributed by atoms with Crippen LogP contribution in [0.1, 0.15) is 11.1 Å².